The Labute approximate surface area is 105 Å². The first kappa shape index (κ1) is 12.6. The average molecular weight is 267 g/mol. The second-order valence-electron chi connectivity index (χ2n) is 3.83. The van der Waals surface area contributed by atoms with E-state index in [9.17, 15) is 8.42 Å². The molecule has 6 nitrogen and oxygen atoms in total. The Morgan fingerprint density at radius 2 is 2.00 bits per heavy atom. The quantitative estimate of drug-likeness (QED) is 0.844. The summed E-state index contributed by atoms with van der Waals surface area (Å²) in [6.45, 7) is 0.522. The Hall–Kier alpha value is -1.86. The van der Waals surface area contributed by atoms with Crippen molar-refractivity contribution in [1.82, 2.24) is 4.98 Å². The fraction of sp³-hybridized carbons (Fsp3) is 0.182. The molecule has 0 amide bonds. The van der Waals surface area contributed by atoms with Gasteiger partial charge >= 0.3 is 0 Å². The zero-order chi connectivity index (χ0) is 13.0. The van der Waals surface area contributed by atoms with Crippen molar-refractivity contribution >= 4 is 15.7 Å². The molecular weight excluding hydrogens is 254 g/mol. The van der Waals surface area contributed by atoms with Gasteiger partial charge in [0.25, 0.3) is 0 Å². The normalized spacial score (nSPS) is 11.4. The molecule has 0 unspecified atom stereocenters. The fourth-order valence-corrected chi connectivity index (χ4v) is 2.13. The molecule has 1 heterocycles. The number of nitrogens with zero attached hydrogens (tertiary/aromatic N) is 1. The smallest absolute Gasteiger partial charge is 0.213 e. The Morgan fingerprint density at radius 1 is 1.28 bits per heavy atom. The van der Waals surface area contributed by atoms with Crippen LogP contribution in [-0.2, 0) is 22.3 Å². The summed E-state index contributed by atoms with van der Waals surface area (Å²) in [5.41, 5.74) is 1.52. The van der Waals surface area contributed by atoms with E-state index in [2.05, 4.69) is 10.3 Å². The molecule has 2 rings (SSSR count). The van der Waals surface area contributed by atoms with E-state index in [1.165, 1.54) is 6.39 Å². The maximum atomic E-state index is 10.9. The summed E-state index contributed by atoms with van der Waals surface area (Å²) in [6, 6.07) is 7.01. The van der Waals surface area contributed by atoms with Crippen LogP contribution in [-0.4, -0.2) is 13.4 Å². The molecule has 96 valence electrons. The van der Waals surface area contributed by atoms with E-state index >= 15 is 0 Å². The van der Waals surface area contributed by atoms with Crippen LogP contribution < -0.4 is 10.5 Å². The first-order chi connectivity index (χ1) is 8.53. The predicted molar refractivity (Wildman–Crippen MR) is 67.1 cm³/mol. The molecule has 1 aromatic heterocycles. The second kappa shape index (κ2) is 5.19. The summed E-state index contributed by atoms with van der Waals surface area (Å²) in [4.78, 5) is 3.80. The fourth-order valence-electron chi connectivity index (χ4n) is 1.47. The van der Waals surface area contributed by atoms with Crippen molar-refractivity contribution < 1.29 is 12.8 Å². The topological polar surface area (TPSA) is 98.2 Å². The maximum absolute atomic E-state index is 10.9. The monoisotopic (exact) mass is 267 g/mol. The van der Waals surface area contributed by atoms with Crippen molar-refractivity contribution in [3.8, 4) is 0 Å². The van der Waals surface area contributed by atoms with Gasteiger partial charge in [-0.1, -0.05) is 12.1 Å². The van der Waals surface area contributed by atoms with Gasteiger partial charge < -0.3 is 9.73 Å². The van der Waals surface area contributed by atoms with Gasteiger partial charge in [-0.15, -0.1) is 0 Å². The van der Waals surface area contributed by atoms with E-state index in [4.69, 9.17) is 9.56 Å². The molecule has 0 fully saturated rings. The van der Waals surface area contributed by atoms with E-state index in [1.807, 2.05) is 0 Å². The minimum absolute atomic E-state index is 0.157. The SMILES string of the molecule is NS(=O)(=O)Cc1ccc(NCc2cnco2)cc1. The molecule has 0 saturated heterocycles. The van der Waals surface area contributed by atoms with Gasteiger partial charge in [0.05, 0.1) is 18.5 Å². The zero-order valence-corrected chi connectivity index (χ0v) is 10.4. The minimum atomic E-state index is -3.48. The van der Waals surface area contributed by atoms with E-state index < -0.39 is 10.0 Å². The number of hydrogen-bond acceptors (Lipinski definition) is 5. The molecule has 0 saturated carbocycles. The lowest BCUT2D eigenvalue weighted by atomic mass is 10.2. The number of sulfonamides is 1. The van der Waals surface area contributed by atoms with Crippen LogP contribution in [0.3, 0.4) is 0 Å². The van der Waals surface area contributed by atoms with E-state index in [-0.39, 0.29) is 5.75 Å². The lowest BCUT2D eigenvalue weighted by Gasteiger charge is -2.05. The lowest BCUT2D eigenvalue weighted by Crippen LogP contribution is -2.14. The number of primary sulfonamides is 1. The van der Waals surface area contributed by atoms with Crippen LogP contribution in [0.5, 0.6) is 0 Å². The highest BCUT2D eigenvalue weighted by molar-refractivity contribution is 7.88. The van der Waals surface area contributed by atoms with Gasteiger partial charge in [-0.05, 0) is 17.7 Å². The molecule has 3 N–H and O–H groups in total. The van der Waals surface area contributed by atoms with Crippen LogP contribution in [0.2, 0.25) is 0 Å². The lowest BCUT2D eigenvalue weighted by molar-refractivity contribution is 0.512. The van der Waals surface area contributed by atoms with Crippen molar-refractivity contribution in [2.24, 2.45) is 5.14 Å². The summed E-state index contributed by atoms with van der Waals surface area (Å²) >= 11 is 0. The van der Waals surface area contributed by atoms with Crippen LogP contribution in [0.15, 0.2) is 41.3 Å². The van der Waals surface area contributed by atoms with Gasteiger partial charge in [-0.2, -0.15) is 0 Å². The summed E-state index contributed by atoms with van der Waals surface area (Å²) in [5.74, 6) is 0.568. The number of aromatic nitrogens is 1. The third-order valence-electron chi connectivity index (χ3n) is 2.27. The first-order valence-electron chi connectivity index (χ1n) is 5.23. The number of oxazole rings is 1. The predicted octanol–water partition coefficient (Wildman–Crippen LogP) is 1.08. The molecule has 18 heavy (non-hydrogen) atoms. The van der Waals surface area contributed by atoms with E-state index in [0.29, 0.717) is 12.1 Å². The summed E-state index contributed by atoms with van der Waals surface area (Å²) in [6.07, 6.45) is 2.99. The summed E-state index contributed by atoms with van der Waals surface area (Å²) in [5, 5.41) is 8.09. The molecule has 7 heteroatoms. The third kappa shape index (κ3) is 3.86. The molecule has 0 radical (unpaired) electrons. The van der Waals surface area contributed by atoms with Crippen LogP contribution in [0.25, 0.3) is 0 Å². The molecule has 0 spiro atoms. The van der Waals surface area contributed by atoms with Crippen molar-refractivity contribution in [3.05, 3.63) is 48.2 Å². The van der Waals surface area contributed by atoms with Gasteiger partial charge in [-0.3, -0.25) is 0 Å². The van der Waals surface area contributed by atoms with Crippen molar-refractivity contribution in [2.75, 3.05) is 5.32 Å². The van der Waals surface area contributed by atoms with E-state index in [1.54, 1.807) is 30.5 Å². The molecule has 0 aliphatic rings. The molecule has 0 aliphatic heterocycles. The zero-order valence-electron chi connectivity index (χ0n) is 9.54. The summed E-state index contributed by atoms with van der Waals surface area (Å²) < 4.78 is 26.9. The molecule has 1 aromatic carbocycles. The highest BCUT2D eigenvalue weighted by Crippen LogP contribution is 2.12. The minimum Gasteiger partial charge on any atom is -0.447 e. The van der Waals surface area contributed by atoms with Gasteiger partial charge in [0, 0.05) is 5.69 Å². The Bertz CT molecular complexity index is 591. The van der Waals surface area contributed by atoms with Crippen LogP contribution in [0.4, 0.5) is 5.69 Å². The second-order valence-corrected chi connectivity index (χ2v) is 5.44. The van der Waals surface area contributed by atoms with Gasteiger partial charge in [0.2, 0.25) is 10.0 Å². The number of benzene rings is 1. The van der Waals surface area contributed by atoms with Gasteiger partial charge in [0.15, 0.2) is 6.39 Å². The molecule has 2 aromatic rings. The average Bonchev–Trinajstić information content (AvgIpc) is 2.79. The Kier molecular flexibility index (Phi) is 3.63. The van der Waals surface area contributed by atoms with Crippen LogP contribution in [0, 0.1) is 0 Å². The standard InChI is InChI=1S/C11H13N3O3S/c12-18(15,16)7-9-1-3-10(4-2-9)14-6-11-5-13-8-17-11/h1-5,8,14H,6-7H2,(H2,12,15,16). The van der Waals surface area contributed by atoms with Crippen molar-refractivity contribution in [2.45, 2.75) is 12.3 Å². The number of anilines is 1. The largest absolute Gasteiger partial charge is 0.447 e. The number of rotatable bonds is 5. The van der Waals surface area contributed by atoms with Gasteiger partial charge in [0.1, 0.15) is 5.76 Å². The number of hydrogen-bond donors (Lipinski definition) is 2. The summed E-state index contributed by atoms with van der Waals surface area (Å²) in [7, 11) is -3.48. The Morgan fingerprint density at radius 3 is 2.56 bits per heavy atom. The van der Waals surface area contributed by atoms with E-state index in [0.717, 1.165) is 11.4 Å². The number of nitrogens with one attached hydrogen (secondary N) is 1. The maximum Gasteiger partial charge on any atom is 0.213 e. The van der Waals surface area contributed by atoms with Gasteiger partial charge in [-0.25, -0.2) is 18.5 Å². The highest BCUT2D eigenvalue weighted by atomic mass is 32.2. The van der Waals surface area contributed by atoms with Crippen molar-refractivity contribution in [3.63, 3.8) is 0 Å². The van der Waals surface area contributed by atoms with Crippen molar-refractivity contribution in [1.29, 1.82) is 0 Å². The molecule has 0 bridgehead atoms. The molecule has 0 atom stereocenters. The van der Waals surface area contributed by atoms with Crippen LogP contribution >= 0.6 is 0 Å². The molecule has 0 aliphatic carbocycles. The number of nitrogens with two attached hydrogens (primary N) is 1. The first-order valence-corrected chi connectivity index (χ1v) is 6.95. The van der Waals surface area contributed by atoms with Crippen LogP contribution in [0.1, 0.15) is 11.3 Å². The third-order valence-corrected chi connectivity index (χ3v) is 3.01. The molecular formula is C11H13N3O3S. The highest BCUT2D eigenvalue weighted by Gasteiger charge is 2.04. The Balaban J connectivity index is 1.95.